The van der Waals surface area contributed by atoms with E-state index in [4.69, 9.17) is 16.3 Å². The maximum atomic E-state index is 6.89. The summed E-state index contributed by atoms with van der Waals surface area (Å²) < 4.78 is 5.27. The summed E-state index contributed by atoms with van der Waals surface area (Å²) in [5.41, 5.74) is 9.62. The van der Waals surface area contributed by atoms with E-state index in [0.29, 0.717) is 5.92 Å². The van der Waals surface area contributed by atoms with Gasteiger partial charge >= 0.3 is 0 Å². The van der Waals surface area contributed by atoms with Gasteiger partial charge in [0.25, 0.3) is 0 Å². The molecule has 4 rings (SSSR count). The molecular formula is C29H34ClN3O. The van der Waals surface area contributed by atoms with Crippen molar-refractivity contribution >= 4 is 22.6 Å². The highest BCUT2D eigenvalue weighted by atomic mass is 35.5. The number of H-pyrrole nitrogens is 1. The molecule has 1 heterocycles. The van der Waals surface area contributed by atoms with Crippen molar-refractivity contribution < 1.29 is 4.74 Å². The maximum absolute atomic E-state index is 6.89. The van der Waals surface area contributed by atoms with Crippen LogP contribution in [0.2, 0.25) is 5.02 Å². The van der Waals surface area contributed by atoms with E-state index in [0.717, 1.165) is 54.9 Å². The van der Waals surface area contributed by atoms with E-state index in [1.165, 1.54) is 33.4 Å². The number of hydrogen-bond donors (Lipinski definition) is 2. The molecule has 0 aliphatic heterocycles. The number of nitrogens with one attached hydrogen (secondary N) is 2. The number of rotatable bonds is 11. The molecule has 0 saturated heterocycles. The van der Waals surface area contributed by atoms with Crippen molar-refractivity contribution in [1.82, 2.24) is 15.3 Å². The number of imidazole rings is 1. The van der Waals surface area contributed by atoms with Crippen molar-refractivity contribution in [2.24, 2.45) is 0 Å². The first-order valence-electron chi connectivity index (χ1n) is 12.0. The van der Waals surface area contributed by atoms with Gasteiger partial charge in [0.05, 0.1) is 17.4 Å². The molecule has 5 heteroatoms. The van der Waals surface area contributed by atoms with Gasteiger partial charge in [-0.3, -0.25) is 0 Å². The van der Waals surface area contributed by atoms with E-state index < -0.39 is 0 Å². The lowest BCUT2D eigenvalue weighted by Crippen LogP contribution is -2.14. The number of fused-ring (bicyclic) bond motifs is 1. The highest BCUT2D eigenvalue weighted by Crippen LogP contribution is 2.34. The standard InChI is InChI=1S/C29H34ClN3O/c1-20-9-12-25(21(16-20)6-5-15-34-3)22-10-11-24(27(30)18-22)17-23(13-14-31-2)26-7-4-8-28-29(26)33-19-32-28/h4,7-12,16,18-19,23,31H,5-6,13-15,17H2,1-3H3,(H,32,33). The van der Waals surface area contributed by atoms with Crippen LogP contribution in [0.4, 0.5) is 0 Å². The molecule has 0 radical (unpaired) electrons. The van der Waals surface area contributed by atoms with Crippen LogP contribution in [0.1, 0.15) is 41.0 Å². The number of aromatic nitrogens is 2. The molecule has 3 aromatic carbocycles. The second-order valence-corrected chi connectivity index (χ2v) is 9.41. The molecule has 1 aromatic heterocycles. The van der Waals surface area contributed by atoms with Gasteiger partial charge in [-0.25, -0.2) is 4.98 Å². The highest BCUT2D eigenvalue weighted by molar-refractivity contribution is 6.31. The van der Waals surface area contributed by atoms with Gasteiger partial charge in [-0.1, -0.05) is 59.6 Å². The van der Waals surface area contributed by atoms with Gasteiger partial charge in [0, 0.05) is 18.7 Å². The molecule has 0 spiro atoms. The van der Waals surface area contributed by atoms with Gasteiger partial charge < -0.3 is 15.0 Å². The number of hydrogen-bond acceptors (Lipinski definition) is 3. The second-order valence-electron chi connectivity index (χ2n) is 9.00. The molecule has 0 saturated carbocycles. The van der Waals surface area contributed by atoms with E-state index in [-0.39, 0.29) is 0 Å². The van der Waals surface area contributed by atoms with Gasteiger partial charge in [-0.15, -0.1) is 0 Å². The average molecular weight is 476 g/mol. The molecule has 178 valence electrons. The molecule has 1 unspecified atom stereocenters. The number of aryl methyl sites for hydroxylation is 2. The molecular weight excluding hydrogens is 442 g/mol. The first kappa shape index (κ1) is 24.5. The Bertz CT molecular complexity index is 1230. The minimum Gasteiger partial charge on any atom is -0.385 e. The number of benzene rings is 3. The number of methoxy groups -OCH3 is 1. The lowest BCUT2D eigenvalue weighted by Gasteiger charge is -2.19. The van der Waals surface area contributed by atoms with Gasteiger partial charge in [-0.05, 0) is 92.1 Å². The fourth-order valence-electron chi connectivity index (χ4n) is 4.77. The summed E-state index contributed by atoms with van der Waals surface area (Å²) in [6.07, 6.45) is 5.66. The summed E-state index contributed by atoms with van der Waals surface area (Å²) in [7, 11) is 3.76. The molecule has 4 nitrogen and oxygen atoms in total. The second kappa shape index (κ2) is 11.7. The van der Waals surface area contributed by atoms with Crippen LogP contribution in [0.25, 0.3) is 22.2 Å². The van der Waals surface area contributed by atoms with Crippen LogP contribution in [0.15, 0.2) is 60.9 Å². The van der Waals surface area contributed by atoms with E-state index >= 15 is 0 Å². The maximum Gasteiger partial charge on any atom is 0.0931 e. The van der Waals surface area contributed by atoms with Crippen LogP contribution in [0, 0.1) is 6.92 Å². The van der Waals surface area contributed by atoms with Crippen LogP contribution in [-0.2, 0) is 17.6 Å². The lowest BCUT2D eigenvalue weighted by molar-refractivity contribution is 0.195. The van der Waals surface area contributed by atoms with Gasteiger partial charge in [-0.2, -0.15) is 0 Å². The fourth-order valence-corrected chi connectivity index (χ4v) is 5.03. The summed E-state index contributed by atoms with van der Waals surface area (Å²) in [4.78, 5) is 7.83. The predicted octanol–water partition coefficient (Wildman–Crippen LogP) is 6.71. The van der Waals surface area contributed by atoms with E-state index in [1.807, 2.05) is 7.05 Å². The van der Waals surface area contributed by atoms with E-state index in [1.54, 1.807) is 13.4 Å². The van der Waals surface area contributed by atoms with Gasteiger partial charge in [0.15, 0.2) is 0 Å². The molecule has 34 heavy (non-hydrogen) atoms. The van der Waals surface area contributed by atoms with Crippen LogP contribution < -0.4 is 5.32 Å². The lowest BCUT2D eigenvalue weighted by atomic mass is 9.87. The van der Waals surface area contributed by atoms with Gasteiger partial charge in [0.1, 0.15) is 0 Å². The zero-order valence-corrected chi connectivity index (χ0v) is 21.1. The SMILES string of the molecule is CNCCC(Cc1ccc(-c2ccc(C)cc2CCCOC)cc1Cl)c1cccc2[nH]cnc12. The minimum atomic E-state index is 0.326. The Balaban J connectivity index is 1.62. The number of halogens is 1. The third kappa shape index (κ3) is 5.69. The van der Waals surface area contributed by atoms with Crippen molar-refractivity contribution in [2.75, 3.05) is 27.3 Å². The van der Waals surface area contributed by atoms with Crippen molar-refractivity contribution in [2.45, 2.75) is 38.5 Å². The molecule has 0 bridgehead atoms. The Labute approximate surface area is 207 Å². The number of aromatic amines is 1. The molecule has 2 N–H and O–H groups in total. The van der Waals surface area contributed by atoms with Crippen molar-refractivity contribution in [3.05, 3.63) is 88.2 Å². The van der Waals surface area contributed by atoms with E-state index in [9.17, 15) is 0 Å². The quantitative estimate of drug-likeness (QED) is 0.237. The summed E-state index contributed by atoms with van der Waals surface area (Å²) in [6.45, 7) is 3.85. The number of para-hydroxylation sites is 1. The molecule has 0 aliphatic carbocycles. The van der Waals surface area contributed by atoms with Crippen molar-refractivity contribution in [3.63, 3.8) is 0 Å². The topological polar surface area (TPSA) is 49.9 Å². The van der Waals surface area contributed by atoms with Crippen LogP contribution >= 0.6 is 11.6 Å². The fraction of sp³-hybridized carbons (Fsp3) is 0.345. The smallest absolute Gasteiger partial charge is 0.0931 e. The summed E-state index contributed by atoms with van der Waals surface area (Å²) >= 11 is 6.89. The first-order valence-corrected chi connectivity index (χ1v) is 12.4. The van der Waals surface area contributed by atoms with Crippen molar-refractivity contribution in [1.29, 1.82) is 0 Å². The minimum absolute atomic E-state index is 0.326. The van der Waals surface area contributed by atoms with Gasteiger partial charge in [0.2, 0.25) is 0 Å². The van der Waals surface area contributed by atoms with Crippen LogP contribution in [0.3, 0.4) is 0 Å². The Kier molecular flexibility index (Phi) is 8.39. The summed E-state index contributed by atoms with van der Waals surface area (Å²) in [5.74, 6) is 0.326. The third-order valence-corrected chi connectivity index (χ3v) is 6.90. The normalized spacial score (nSPS) is 12.4. The van der Waals surface area contributed by atoms with E-state index in [2.05, 4.69) is 76.8 Å². The summed E-state index contributed by atoms with van der Waals surface area (Å²) in [6, 6.07) is 19.6. The zero-order chi connectivity index (χ0) is 23.9. The monoisotopic (exact) mass is 475 g/mol. The zero-order valence-electron chi connectivity index (χ0n) is 20.3. The molecule has 0 fully saturated rings. The molecule has 1 atom stereocenters. The molecule has 0 amide bonds. The average Bonchev–Trinajstić information content (AvgIpc) is 3.32. The molecule has 4 aromatic rings. The number of ether oxygens (including phenoxy) is 1. The predicted molar refractivity (Wildman–Crippen MR) is 143 cm³/mol. The van der Waals surface area contributed by atoms with Crippen molar-refractivity contribution in [3.8, 4) is 11.1 Å². The van der Waals surface area contributed by atoms with Crippen LogP contribution in [-0.4, -0.2) is 37.3 Å². The largest absolute Gasteiger partial charge is 0.385 e. The Morgan fingerprint density at radius 2 is 1.97 bits per heavy atom. The Hall–Kier alpha value is -2.66. The first-order chi connectivity index (χ1) is 16.6. The molecule has 0 aliphatic rings. The third-order valence-electron chi connectivity index (χ3n) is 6.55. The Morgan fingerprint density at radius 1 is 1.09 bits per heavy atom. The number of nitrogens with zero attached hydrogens (tertiary/aromatic N) is 1. The summed E-state index contributed by atoms with van der Waals surface area (Å²) in [5, 5.41) is 4.13. The highest BCUT2D eigenvalue weighted by Gasteiger charge is 2.18. The Morgan fingerprint density at radius 3 is 2.76 bits per heavy atom. The van der Waals surface area contributed by atoms with Crippen LogP contribution in [0.5, 0.6) is 0 Å².